The van der Waals surface area contributed by atoms with Gasteiger partial charge in [-0.2, -0.15) is 5.10 Å². The summed E-state index contributed by atoms with van der Waals surface area (Å²) in [6.07, 6.45) is 4.90. The minimum absolute atomic E-state index is 0.616. The van der Waals surface area contributed by atoms with E-state index in [1.165, 1.54) is 6.33 Å². The van der Waals surface area contributed by atoms with E-state index in [9.17, 15) is 0 Å². The van der Waals surface area contributed by atoms with Crippen LogP contribution in [0.25, 0.3) is 0 Å². The molecule has 3 heterocycles. The third-order valence-electron chi connectivity index (χ3n) is 3.79. The molecular formula is C16H19N7S. The van der Waals surface area contributed by atoms with Crippen LogP contribution >= 0.6 is 12.2 Å². The van der Waals surface area contributed by atoms with Gasteiger partial charge in [0.25, 0.3) is 0 Å². The van der Waals surface area contributed by atoms with Crippen molar-refractivity contribution >= 4 is 23.0 Å². The molecule has 7 nitrogen and oxygen atoms in total. The van der Waals surface area contributed by atoms with Crippen molar-refractivity contribution in [1.29, 1.82) is 0 Å². The van der Waals surface area contributed by atoms with Crippen molar-refractivity contribution in [2.24, 2.45) is 5.10 Å². The largest absolute Gasteiger partial charge is 0.345 e. The molecule has 1 fully saturated rings. The summed E-state index contributed by atoms with van der Waals surface area (Å²) in [6.45, 7) is 3.77. The quantitative estimate of drug-likeness (QED) is 0.502. The topological polar surface area (TPSA) is 69.5 Å². The van der Waals surface area contributed by atoms with E-state index in [1.807, 2.05) is 18.2 Å². The molecule has 8 heteroatoms. The van der Waals surface area contributed by atoms with E-state index in [-0.39, 0.29) is 0 Å². The first-order valence-corrected chi connectivity index (χ1v) is 8.14. The Bertz CT molecular complexity index is 655. The number of piperazine rings is 1. The number of hydrogen-bond donors (Lipinski definition) is 1. The molecule has 0 radical (unpaired) electrons. The second kappa shape index (κ2) is 7.89. The Balaban J connectivity index is 1.78. The zero-order chi connectivity index (χ0) is 16.8. The van der Waals surface area contributed by atoms with Crippen LogP contribution in [0, 0.1) is 0 Å². The van der Waals surface area contributed by atoms with Gasteiger partial charge in [-0.15, -0.1) is 0 Å². The van der Waals surface area contributed by atoms with Crippen LogP contribution in [0.3, 0.4) is 0 Å². The second-order valence-corrected chi connectivity index (χ2v) is 5.86. The van der Waals surface area contributed by atoms with Crippen molar-refractivity contribution < 1.29 is 0 Å². The summed E-state index contributed by atoms with van der Waals surface area (Å²) in [7, 11) is 2.11. The average molecular weight is 341 g/mol. The minimum Gasteiger partial charge on any atom is -0.345 e. The van der Waals surface area contributed by atoms with E-state index in [0.29, 0.717) is 16.5 Å². The number of thiocarbonyl (C=S) groups is 1. The number of likely N-dealkylation sites (N-methyl/N-ethyl adjacent to an activating group) is 1. The van der Waals surface area contributed by atoms with Crippen LogP contribution < -0.4 is 5.43 Å². The van der Waals surface area contributed by atoms with E-state index in [2.05, 4.69) is 42.3 Å². The highest BCUT2D eigenvalue weighted by atomic mass is 32.1. The molecule has 1 aliphatic heterocycles. The van der Waals surface area contributed by atoms with Gasteiger partial charge in [-0.05, 0) is 37.5 Å². The van der Waals surface area contributed by atoms with Gasteiger partial charge in [0, 0.05) is 38.6 Å². The lowest BCUT2D eigenvalue weighted by Gasteiger charge is -2.33. The second-order valence-electron chi connectivity index (χ2n) is 5.48. The van der Waals surface area contributed by atoms with Crippen LogP contribution in [0.15, 0.2) is 48.1 Å². The van der Waals surface area contributed by atoms with E-state index in [0.717, 1.165) is 31.9 Å². The smallest absolute Gasteiger partial charge is 0.189 e. The van der Waals surface area contributed by atoms with Gasteiger partial charge in [0.05, 0.1) is 11.4 Å². The van der Waals surface area contributed by atoms with Crippen molar-refractivity contribution in [3.63, 3.8) is 0 Å². The number of pyridine rings is 1. The summed E-state index contributed by atoms with van der Waals surface area (Å²) >= 11 is 5.47. The molecule has 24 heavy (non-hydrogen) atoms. The molecule has 0 aliphatic carbocycles. The molecule has 3 rings (SSSR count). The third kappa shape index (κ3) is 4.09. The first kappa shape index (κ1) is 16.4. The maximum Gasteiger partial charge on any atom is 0.189 e. The number of aromatic nitrogens is 3. The molecule has 0 spiro atoms. The Morgan fingerprint density at radius 3 is 2.54 bits per heavy atom. The van der Waals surface area contributed by atoms with Gasteiger partial charge in [0.2, 0.25) is 0 Å². The molecule has 1 aliphatic rings. The molecule has 0 aromatic carbocycles. The van der Waals surface area contributed by atoms with Crippen LogP contribution in [-0.2, 0) is 0 Å². The number of rotatable bonds is 3. The average Bonchev–Trinajstić information content (AvgIpc) is 2.64. The zero-order valence-corrected chi connectivity index (χ0v) is 14.3. The Hall–Kier alpha value is -2.45. The Kier molecular flexibility index (Phi) is 5.39. The van der Waals surface area contributed by atoms with Crippen LogP contribution in [0.2, 0.25) is 0 Å². The van der Waals surface area contributed by atoms with Gasteiger partial charge in [0.1, 0.15) is 12.0 Å². The Morgan fingerprint density at radius 1 is 1.08 bits per heavy atom. The summed E-state index contributed by atoms with van der Waals surface area (Å²) in [6, 6.07) is 7.47. The van der Waals surface area contributed by atoms with Crippen LogP contribution in [0.1, 0.15) is 11.4 Å². The SMILES string of the molecule is CN1CCN(C(=S)NN=C(c2ccccn2)c2ccncn2)CC1. The molecule has 0 saturated carbocycles. The van der Waals surface area contributed by atoms with Gasteiger partial charge in [-0.25, -0.2) is 9.97 Å². The summed E-state index contributed by atoms with van der Waals surface area (Å²) in [4.78, 5) is 17.0. The summed E-state index contributed by atoms with van der Waals surface area (Å²) < 4.78 is 0. The molecule has 2 aromatic rings. The number of hydrogen-bond acceptors (Lipinski definition) is 6. The van der Waals surface area contributed by atoms with Gasteiger partial charge < -0.3 is 9.80 Å². The molecule has 2 aromatic heterocycles. The highest BCUT2D eigenvalue weighted by Gasteiger charge is 2.17. The minimum atomic E-state index is 0.616. The Morgan fingerprint density at radius 2 is 1.88 bits per heavy atom. The fourth-order valence-corrected chi connectivity index (χ4v) is 2.59. The monoisotopic (exact) mass is 341 g/mol. The van der Waals surface area contributed by atoms with Crippen molar-refractivity contribution in [2.75, 3.05) is 33.2 Å². The maximum absolute atomic E-state index is 5.47. The summed E-state index contributed by atoms with van der Waals surface area (Å²) in [5.74, 6) is 0. The lowest BCUT2D eigenvalue weighted by atomic mass is 10.2. The first-order valence-electron chi connectivity index (χ1n) is 7.73. The van der Waals surface area contributed by atoms with Gasteiger partial charge in [-0.1, -0.05) is 6.07 Å². The van der Waals surface area contributed by atoms with Crippen molar-refractivity contribution in [1.82, 2.24) is 30.2 Å². The predicted octanol–water partition coefficient (Wildman–Crippen LogP) is 0.746. The molecule has 0 bridgehead atoms. The van der Waals surface area contributed by atoms with Gasteiger partial charge >= 0.3 is 0 Å². The maximum atomic E-state index is 5.47. The summed E-state index contributed by atoms with van der Waals surface area (Å²) in [5, 5.41) is 5.09. The third-order valence-corrected chi connectivity index (χ3v) is 4.14. The van der Waals surface area contributed by atoms with E-state index < -0.39 is 0 Å². The standard InChI is InChI=1S/C16H19N7S/c1-22-8-10-23(11-9-22)16(24)21-20-15(13-4-2-3-6-18-13)14-5-7-17-12-19-14/h2-7,12H,8-11H2,1H3,(H,21,24). The van der Waals surface area contributed by atoms with Crippen molar-refractivity contribution in [3.05, 3.63) is 54.4 Å². The van der Waals surface area contributed by atoms with Gasteiger partial charge in [0.15, 0.2) is 5.11 Å². The van der Waals surface area contributed by atoms with E-state index in [4.69, 9.17) is 12.2 Å². The first-order chi connectivity index (χ1) is 11.7. The van der Waals surface area contributed by atoms with Gasteiger partial charge in [-0.3, -0.25) is 10.4 Å². The molecule has 0 atom stereocenters. The number of nitrogens with one attached hydrogen (secondary N) is 1. The fourth-order valence-electron chi connectivity index (χ4n) is 2.36. The number of hydrazone groups is 1. The lowest BCUT2D eigenvalue weighted by molar-refractivity contribution is 0.214. The van der Waals surface area contributed by atoms with Crippen molar-refractivity contribution in [2.45, 2.75) is 0 Å². The normalized spacial score (nSPS) is 16.0. The van der Waals surface area contributed by atoms with E-state index >= 15 is 0 Å². The Labute approximate surface area is 146 Å². The highest BCUT2D eigenvalue weighted by Crippen LogP contribution is 2.06. The molecule has 0 unspecified atom stereocenters. The molecule has 1 N–H and O–H groups in total. The van der Waals surface area contributed by atoms with Crippen LogP contribution in [0.4, 0.5) is 0 Å². The molecule has 1 saturated heterocycles. The van der Waals surface area contributed by atoms with Crippen LogP contribution in [-0.4, -0.2) is 68.8 Å². The number of nitrogens with zero attached hydrogens (tertiary/aromatic N) is 6. The predicted molar refractivity (Wildman–Crippen MR) is 96.7 cm³/mol. The highest BCUT2D eigenvalue weighted by molar-refractivity contribution is 7.80. The zero-order valence-electron chi connectivity index (χ0n) is 13.5. The lowest BCUT2D eigenvalue weighted by Crippen LogP contribution is -2.49. The fraction of sp³-hybridized carbons (Fsp3) is 0.312. The molecule has 0 amide bonds. The molecule has 124 valence electrons. The van der Waals surface area contributed by atoms with Crippen molar-refractivity contribution in [3.8, 4) is 0 Å². The molecular weight excluding hydrogens is 322 g/mol. The van der Waals surface area contributed by atoms with E-state index in [1.54, 1.807) is 18.5 Å². The summed E-state index contributed by atoms with van der Waals surface area (Å²) in [5.41, 5.74) is 5.04. The van der Waals surface area contributed by atoms with Crippen LogP contribution in [0.5, 0.6) is 0 Å².